The summed E-state index contributed by atoms with van der Waals surface area (Å²) < 4.78 is 6.83. The molecule has 25 heavy (non-hydrogen) atoms. The van der Waals surface area contributed by atoms with Crippen molar-refractivity contribution in [2.75, 3.05) is 26.3 Å². The molecule has 1 unspecified atom stereocenters. The number of H-pyrrole nitrogens is 1. The maximum Gasteiger partial charge on any atom is 0.328 e. The van der Waals surface area contributed by atoms with Crippen LogP contribution in [-0.2, 0) is 16.1 Å². The van der Waals surface area contributed by atoms with E-state index in [1.165, 1.54) is 4.57 Å². The lowest BCUT2D eigenvalue weighted by Crippen LogP contribution is -2.37. The molecule has 2 heterocycles. The average molecular weight is 345 g/mol. The minimum absolute atomic E-state index is 0.0107. The smallest absolute Gasteiger partial charge is 0.328 e. The van der Waals surface area contributed by atoms with Gasteiger partial charge in [-0.25, -0.2) is 4.79 Å². The van der Waals surface area contributed by atoms with Crippen LogP contribution in [0.3, 0.4) is 0 Å². The lowest BCUT2D eigenvalue weighted by molar-refractivity contribution is -0.131. The Bertz CT molecular complexity index is 864. The van der Waals surface area contributed by atoms with E-state index >= 15 is 0 Å². The molecule has 1 N–H and O–H groups in total. The molecule has 0 spiro atoms. The van der Waals surface area contributed by atoms with Crippen molar-refractivity contribution in [2.45, 2.75) is 26.3 Å². The number of aromatic amines is 1. The molecule has 7 nitrogen and oxygen atoms in total. The Hall–Kier alpha value is -2.41. The van der Waals surface area contributed by atoms with Gasteiger partial charge in [0, 0.05) is 38.6 Å². The molecule has 0 aliphatic carbocycles. The summed E-state index contributed by atoms with van der Waals surface area (Å²) >= 11 is 0. The van der Waals surface area contributed by atoms with Gasteiger partial charge in [0.1, 0.15) is 0 Å². The summed E-state index contributed by atoms with van der Waals surface area (Å²) in [7, 11) is 0. The fourth-order valence-electron chi connectivity index (χ4n) is 3.28. The van der Waals surface area contributed by atoms with Crippen LogP contribution in [0.4, 0.5) is 0 Å². The second kappa shape index (κ2) is 7.65. The molecule has 0 radical (unpaired) electrons. The van der Waals surface area contributed by atoms with Crippen LogP contribution >= 0.6 is 0 Å². The standard InChI is InChI=1S/C18H23N3O4/c1-2-20(11-13-8-10-25-12-13)16(22)7-9-21-15-6-4-3-5-14(15)17(23)19-18(21)24/h3-6,13H,2,7-12H2,1H3,(H,19,23,24). The largest absolute Gasteiger partial charge is 0.381 e. The molecule has 1 atom stereocenters. The number of hydrogen-bond donors (Lipinski definition) is 1. The van der Waals surface area contributed by atoms with E-state index in [1.54, 1.807) is 24.3 Å². The first-order chi connectivity index (χ1) is 12.1. The molecule has 1 aromatic carbocycles. The van der Waals surface area contributed by atoms with Crippen LogP contribution in [-0.4, -0.2) is 46.7 Å². The van der Waals surface area contributed by atoms with Crippen molar-refractivity contribution < 1.29 is 9.53 Å². The van der Waals surface area contributed by atoms with Gasteiger partial charge in [0.15, 0.2) is 0 Å². The Morgan fingerprint density at radius 1 is 1.36 bits per heavy atom. The van der Waals surface area contributed by atoms with Crippen LogP contribution in [0.2, 0.25) is 0 Å². The van der Waals surface area contributed by atoms with E-state index in [2.05, 4.69) is 4.98 Å². The molecule has 0 saturated carbocycles. The number of nitrogens with one attached hydrogen (secondary N) is 1. The third kappa shape index (κ3) is 3.82. The molecule has 3 rings (SSSR count). The summed E-state index contributed by atoms with van der Waals surface area (Å²) in [5.41, 5.74) is -0.334. The van der Waals surface area contributed by atoms with Gasteiger partial charge in [-0.15, -0.1) is 0 Å². The van der Waals surface area contributed by atoms with Gasteiger partial charge >= 0.3 is 5.69 Å². The van der Waals surface area contributed by atoms with E-state index in [4.69, 9.17) is 4.74 Å². The number of aromatic nitrogens is 2. The second-order valence-corrected chi connectivity index (χ2v) is 6.34. The van der Waals surface area contributed by atoms with Crippen molar-refractivity contribution in [1.82, 2.24) is 14.5 Å². The summed E-state index contributed by atoms with van der Waals surface area (Å²) in [5, 5.41) is 0.449. The van der Waals surface area contributed by atoms with Gasteiger partial charge in [0.2, 0.25) is 5.91 Å². The number of para-hydroxylation sites is 1. The van der Waals surface area contributed by atoms with Crippen LogP contribution in [0.25, 0.3) is 10.9 Å². The van der Waals surface area contributed by atoms with Crippen molar-refractivity contribution in [3.63, 3.8) is 0 Å². The molecule has 2 aromatic rings. The third-order valence-electron chi connectivity index (χ3n) is 4.69. The zero-order chi connectivity index (χ0) is 17.8. The number of carbonyl (C=O) groups excluding carboxylic acids is 1. The molecular formula is C18H23N3O4. The number of amides is 1. The summed E-state index contributed by atoms with van der Waals surface area (Å²) in [6, 6.07) is 6.92. The number of rotatable bonds is 6. The highest BCUT2D eigenvalue weighted by Gasteiger charge is 2.21. The highest BCUT2D eigenvalue weighted by Crippen LogP contribution is 2.15. The number of carbonyl (C=O) groups is 1. The van der Waals surface area contributed by atoms with E-state index in [0.29, 0.717) is 36.5 Å². The topological polar surface area (TPSA) is 84.4 Å². The summed E-state index contributed by atoms with van der Waals surface area (Å²) in [5.74, 6) is 0.400. The lowest BCUT2D eigenvalue weighted by Gasteiger charge is -2.24. The highest BCUT2D eigenvalue weighted by molar-refractivity contribution is 5.78. The molecule has 1 aliphatic heterocycles. The van der Waals surface area contributed by atoms with E-state index < -0.39 is 11.2 Å². The summed E-state index contributed by atoms with van der Waals surface area (Å²) in [4.78, 5) is 40.7. The van der Waals surface area contributed by atoms with Gasteiger partial charge in [-0.3, -0.25) is 19.1 Å². The van der Waals surface area contributed by atoms with Crippen LogP contribution < -0.4 is 11.2 Å². The Balaban J connectivity index is 1.74. The first-order valence-electron chi connectivity index (χ1n) is 8.67. The minimum Gasteiger partial charge on any atom is -0.381 e. The molecule has 134 valence electrons. The predicted molar refractivity (Wildman–Crippen MR) is 94.6 cm³/mol. The molecule has 0 bridgehead atoms. The van der Waals surface area contributed by atoms with Gasteiger partial charge in [0.25, 0.3) is 5.56 Å². The number of fused-ring (bicyclic) bond motifs is 1. The minimum atomic E-state index is -0.483. The zero-order valence-corrected chi connectivity index (χ0v) is 14.4. The summed E-state index contributed by atoms with van der Waals surface area (Å²) in [6.45, 7) is 4.98. The first kappa shape index (κ1) is 17.4. The van der Waals surface area contributed by atoms with Crippen molar-refractivity contribution in [3.8, 4) is 0 Å². The molecular weight excluding hydrogens is 322 g/mol. The van der Waals surface area contributed by atoms with Crippen LogP contribution in [0.5, 0.6) is 0 Å². The number of benzene rings is 1. The molecule has 1 aliphatic rings. The molecule has 1 aromatic heterocycles. The van der Waals surface area contributed by atoms with E-state index in [0.717, 1.165) is 13.0 Å². The van der Waals surface area contributed by atoms with Crippen molar-refractivity contribution in [2.24, 2.45) is 5.92 Å². The van der Waals surface area contributed by atoms with Crippen LogP contribution in [0, 0.1) is 5.92 Å². The molecule has 7 heteroatoms. The Morgan fingerprint density at radius 2 is 2.16 bits per heavy atom. The van der Waals surface area contributed by atoms with Gasteiger partial charge in [-0.1, -0.05) is 12.1 Å². The maximum atomic E-state index is 12.5. The first-order valence-corrected chi connectivity index (χ1v) is 8.67. The third-order valence-corrected chi connectivity index (χ3v) is 4.69. The molecule has 1 saturated heterocycles. The maximum absolute atomic E-state index is 12.5. The van der Waals surface area contributed by atoms with Gasteiger partial charge in [-0.05, 0) is 25.5 Å². The van der Waals surface area contributed by atoms with Gasteiger partial charge in [0.05, 0.1) is 17.5 Å². The Kier molecular flexibility index (Phi) is 5.33. The number of ether oxygens (including phenoxy) is 1. The number of nitrogens with zero attached hydrogens (tertiary/aromatic N) is 2. The average Bonchev–Trinajstić information content (AvgIpc) is 3.12. The predicted octanol–water partition coefficient (Wildman–Crippen LogP) is 0.965. The van der Waals surface area contributed by atoms with Crippen molar-refractivity contribution in [3.05, 3.63) is 45.1 Å². The zero-order valence-electron chi connectivity index (χ0n) is 14.4. The van der Waals surface area contributed by atoms with E-state index in [-0.39, 0.29) is 18.9 Å². The van der Waals surface area contributed by atoms with E-state index in [1.807, 2.05) is 11.8 Å². The fraction of sp³-hybridized carbons (Fsp3) is 0.500. The quantitative estimate of drug-likeness (QED) is 0.845. The summed E-state index contributed by atoms with van der Waals surface area (Å²) in [6.07, 6.45) is 1.20. The van der Waals surface area contributed by atoms with Crippen LogP contribution in [0.1, 0.15) is 19.8 Å². The Labute approximate surface area is 145 Å². The van der Waals surface area contributed by atoms with Crippen molar-refractivity contribution >= 4 is 16.8 Å². The van der Waals surface area contributed by atoms with Gasteiger partial charge in [-0.2, -0.15) is 0 Å². The number of aryl methyl sites for hydroxylation is 1. The molecule has 1 amide bonds. The highest BCUT2D eigenvalue weighted by atomic mass is 16.5. The van der Waals surface area contributed by atoms with E-state index in [9.17, 15) is 14.4 Å². The monoisotopic (exact) mass is 345 g/mol. The normalized spacial score (nSPS) is 17.1. The van der Waals surface area contributed by atoms with Crippen LogP contribution in [0.15, 0.2) is 33.9 Å². The van der Waals surface area contributed by atoms with Gasteiger partial charge < -0.3 is 9.64 Å². The fourth-order valence-corrected chi connectivity index (χ4v) is 3.28. The molecule has 1 fully saturated rings. The SMILES string of the molecule is CCN(CC1CCOC1)C(=O)CCn1c(=O)[nH]c(=O)c2ccccc21. The Morgan fingerprint density at radius 3 is 2.88 bits per heavy atom. The van der Waals surface area contributed by atoms with Crippen molar-refractivity contribution in [1.29, 1.82) is 0 Å². The lowest BCUT2D eigenvalue weighted by atomic mass is 10.1. The second-order valence-electron chi connectivity index (χ2n) is 6.34. The number of hydrogen-bond acceptors (Lipinski definition) is 4.